The molecule has 1 heterocycles. The monoisotopic (exact) mass is 224 g/mol. The summed E-state index contributed by atoms with van der Waals surface area (Å²) in [6.45, 7) is 8.04. The second-order valence-corrected chi connectivity index (χ2v) is 4.47. The van der Waals surface area contributed by atoms with Crippen molar-refractivity contribution >= 4 is 0 Å². The van der Waals surface area contributed by atoms with Crippen LogP contribution in [0, 0.1) is 13.8 Å². The van der Waals surface area contributed by atoms with Crippen molar-refractivity contribution in [2.75, 3.05) is 13.1 Å². The van der Waals surface area contributed by atoms with Gasteiger partial charge in [0.2, 0.25) is 0 Å². The van der Waals surface area contributed by atoms with E-state index >= 15 is 0 Å². The zero-order valence-electron chi connectivity index (χ0n) is 10.9. The number of aromatic nitrogens is 2. The molecule has 0 aliphatic rings. The SMILES string of the molecule is Cc1nn(C)c(C)c1CCCN[C@@H](C)CN. The van der Waals surface area contributed by atoms with Crippen molar-refractivity contribution in [1.29, 1.82) is 0 Å². The lowest BCUT2D eigenvalue weighted by Gasteiger charge is -2.10. The van der Waals surface area contributed by atoms with E-state index < -0.39 is 0 Å². The normalized spacial score (nSPS) is 13.1. The second kappa shape index (κ2) is 6.01. The molecule has 92 valence electrons. The van der Waals surface area contributed by atoms with Crippen LogP contribution in [-0.2, 0) is 13.5 Å². The van der Waals surface area contributed by atoms with Gasteiger partial charge in [-0.3, -0.25) is 4.68 Å². The maximum absolute atomic E-state index is 5.54. The Morgan fingerprint density at radius 1 is 1.44 bits per heavy atom. The first kappa shape index (κ1) is 13.2. The fourth-order valence-electron chi connectivity index (χ4n) is 1.88. The smallest absolute Gasteiger partial charge is 0.0628 e. The number of nitrogens with two attached hydrogens (primary N) is 1. The molecular weight excluding hydrogens is 200 g/mol. The first-order valence-electron chi connectivity index (χ1n) is 5.98. The Hall–Kier alpha value is -0.870. The molecule has 0 saturated heterocycles. The van der Waals surface area contributed by atoms with Gasteiger partial charge < -0.3 is 11.1 Å². The van der Waals surface area contributed by atoms with Crippen molar-refractivity contribution < 1.29 is 0 Å². The maximum atomic E-state index is 5.54. The van der Waals surface area contributed by atoms with Crippen LogP contribution in [0.4, 0.5) is 0 Å². The minimum Gasteiger partial charge on any atom is -0.329 e. The standard InChI is InChI=1S/C12H24N4/c1-9(8-13)14-7-5-6-12-10(2)15-16(4)11(12)3/h9,14H,5-8,13H2,1-4H3/t9-/m0/s1. The van der Waals surface area contributed by atoms with Gasteiger partial charge in [-0.15, -0.1) is 0 Å². The fraction of sp³-hybridized carbons (Fsp3) is 0.750. The van der Waals surface area contributed by atoms with Gasteiger partial charge in [0.1, 0.15) is 0 Å². The number of nitrogens with zero attached hydrogens (tertiary/aromatic N) is 2. The molecule has 1 aromatic heterocycles. The summed E-state index contributed by atoms with van der Waals surface area (Å²) in [6.07, 6.45) is 2.23. The van der Waals surface area contributed by atoms with E-state index in [4.69, 9.17) is 5.73 Å². The quantitative estimate of drug-likeness (QED) is 0.706. The molecule has 1 atom stereocenters. The Morgan fingerprint density at radius 2 is 2.12 bits per heavy atom. The van der Waals surface area contributed by atoms with Crippen molar-refractivity contribution in [3.63, 3.8) is 0 Å². The van der Waals surface area contributed by atoms with Crippen LogP contribution in [-0.4, -0.2) is 28.9 Å². The molecule has 0 aliphatic heterocycles. The molecular formula is C12H24N4. The number of hydrogen-bond acceptors (Lipinski definition) is 3. The van der Waals surface area contributed by atoms with Gasteiger partial charge in [-0.25, -0.2) is 0 Å². The molecule has 0 unspecified atom stereocenters. The van der Waals surface area contributed by atoms with Crippen molar-refractivity contribution in [3.05, 3.63) is 17.0 Å². The molecule has 4 heteroatoms. The Kier molecular flexibility index (Phi) is 4.96. The zero-order chi connectivity index (χ0) is 12.1. The van der Waals surface area contributed by atoms with E-state index in [1.165, 1.54) is 11.3 Å². The van der Waals surface area contributed by atoms with Crippen LogP contribution < -0.4 is 11.1 Å². The molecule has 0 aromatic carbocycles. The second-order valence-electron chi connectivity index (χ2n) is 4.47. The topological polar surface area (TPSA) is 55.9 Å². The van der Waals surface area contributed by atoms with Crippen LogP contribution >= 0.6 is 0 Å². The number of hydrogen-bond donors (Lipinski definition) is 2. The zero-order valence-corrected chi connectivity index (χ0v) is 10.9. The molecule has 3 N–H and O–H groups in total. The third kappa shape index (κ3) is 3.32. The lowest BCUT2D eigenvalue weighted by Crippen LogP contribution is -2.33. The molecule has 4 nitrogen and oxygen atoms in total. The van der Waals surface area contributed by atoms with Crippen LogP contribution in [0.15, 0.2) is 0 Å². The van der Waals surface area contributed by atoms with E-state index in [1.54, 1.807) is 0 Å². The summed E-state index contributed by atoms with van der Waals surface area (Å²) in [5.41, 5.74) is 9.38. The number of nitrogens with one attached hydrogen (secondary N) is 1. The van der Waals surface area contributed by atoms with Crippen LogP contribution in [0.5, 0.6) is 0 Å². The number of rotatable bonds is 6. The van der Waals surface area contributed by atoms with E-state index in [1.807, 2.05) is 11.7 Å². The van der Waals surface area contributed by atoms with Gasteiger partial charge in [-0.1, -0.05) is 0 Å². The predicted octanol–water partition coefficient (Wildman–Crippen LogP) is 0.906. The van der Waals surface area contributed by atoms with Gasteiger partial charge in [0.05, 0.1) is 5.69 Å². The Balaban J connectivity index is 2.37. The lowest BCUT2D eigenvalue weighted by atomic mass is 10.1. The number of aryl methyl sites for hydroxylation is 2. The Labute approximate surface area is 98.2 Å². The minimum absolute atomic E-state index is 0.413. The van der Waals surface area contributed by atoms with Gasteiger partial charge in [0, 0.05) is 25.3 Å². The summed E-state index contributed by atoms with van der Waals surface area (Å²) < 4.78 is 1.96. The Bertz CT molecular complexity index is 330. The highest BCUT2D eigenvalue weighted by molar-refractivity contribution is 5.24. The Morgan fingerprint density at radius 3 is 2.62 bits per heavy atom. The molecule has 0 saturated carbocycles. The van der Waals surface area contributed by atoms with E-state index in [-0.39, 0.29) is 0 Å². The summed E-state index contributed by atoms with van der Waals surface area (Å²) in [4.78, 5) is 0. The average Bonchev–Trinajstić information content (AvgIpc) is 2.49. The van der Waals surface area contributed by atoms with Gasteiger partial charge in [0.15, 0.2) is 0 Å². The van der Waals surface area contributed by atoms with Gasteiger partial charge in [-0.05, 0) is 45.7 Å². The highest BCUT2D eigenvalue weighted by Crippen LogP contribution is 2.13. The molecule has 16 heavy (non-hydrogen) atoms. The predicted molar refractivity (Wildman–Crippen MR) is 67.5 cm³/mol. The average molecular weight is 224 g/mol. The molecule has 0 bridgehead atoms. The lowest BCUT2D eigenvalue weighted by molar-refractivity contribution is 0.543. The van der Waals surface area contributed by atoms with E-state index in [9.17, 15) is 0 Å². The van der Waals surface area contributed by atoms with Crippen LogP contribution in [0.25, 0.3) is 0 Å². The van der Waals surface area contributed by atoms with Crippen molar-refractivity contribution in [3.8, 4) is 0 Å². The van der Waals surface area contributed by atoms with Gasteiger partial charge >= 0.3 is 0 Å². The van der Waals surface area contributed by atoms with Crippen LogP contribution in [0.1, 0.15) is 30.3 Å². The highest BCUT2D eigenvalue weighted by Gasteiger charge is 2.08. The van der Waals surface area contributed by atoms with Crippen LogP contribution in [0.2, 0.25) is 0 Å². The summed E-state index contributed by atoms with van der Waals surface area (Å²) in [5.74, 6) is 0. The van der Waals surface area contributed by atoms with Gasteiger partial charge in [-0.2, -0.15) is 5.10 Å². The molecule has 0 fully saturated rings. The highest BCUT2D eigenvalue weighted by atomic mass is 15.3. The van der Waals surface area contributed by atoms with Crippen molar-refractivity contribution in [1.82, 2.24) is 15.1 Å². The van der Waals surface area contributed by atoms with E-state index in [2.05, 4.69) is 31.2 Å². The molecule has 0 amide bonds. The largest absolute Gasteiger partial charge is 0.329 e. The first-order chi connectivity index (χ1) is 7.56. The van der Waals surface area contributed by atoms with Crippen molar-refractivity contribution in [2.24, 2.45) is 12.8 Å². The molecule has 1 aromatic rings. The van der Waals surface area contributed by atoms with E-state index in [0.29, 0.717) is 12.6 Å². The summed E-state index contributed by atoms with van der Waals surface area (Å²) >= 11 is 0. The summed E-state index contributed by atoms with van der Waals surface area (Å²) in [7, 11) is 2.00. The van der Waals surface area contributed by atoms with Crippen LogP contribution in [0.3, 0.4) is 0 Å². The fourth-order valence-corrected chi connectivity index (χ4v) is 1.88. The van der Waals surface area contributed by atoms with E-state index in [0.717, 1.165) is 25.1 Å². The molecule has 0 radical (unpaired) electrons. The molecule has 0 spiro atoms. The summed E-state index contributed by atoms with van der Waals surface area (Å²) in [5, 5.41) is 7.81. The first-order valence-corrected chi connectivity index (χ1v) is 5.98. The third-order valence-corrected chi connectivity index (χ3v) is 3.11. The third-order valence-electron chi connectivity index (χ3n) is 3.11. The molecule has 1 rings (SSSR count). The van der Waals surface area contributed by atoms with Gasteiger partial charge in [0.25, 0.3) is 0 Å². The minimum atomic E-state index is 0.413. The maximum Gasteiger partial charge on any atom is 0.0628 e. The summed E-state index contributed by atoms with van der Waals surface area (Å²) in [6, 6.07) is 0.413. The van der Waals surface area contributed by atoms with Crippen molar-refractivity contribution in [2.45, 2.75) is 39.7 Å². The molecule has 0 aliphatic carbocycles.